The zero-order valence-corrected chi connectivity index (χ0v) is 18.2. The molecule has 1 aromatic heterocycles. The molecule has 0 atom stereocenters. The number of carbonyl (C=O) groups is 1. The van der Waals surface area contributed by atoms with Gasteiger partial charge in [0.1, 0.15) is 18.0 Å². The van der Waals surface area contributed by atoms with Crippen LogP contribution in [0.25, 0.3) is 22.0 Å². The summed E-state index contributed by atoms with van der Waals surface area (Å²) in [7, 11) is 0. The van der Waals surface area contributed by atoms with Gasteiger partial charge in [0.15, 0.2) is 0 Å². The maximum atomic E-state index is 12.2. The molecule has 0 spiro atoms. The van der Waals surface area contributed by atoms with E-state index >= 15 is 0 Å². The topological polar surface area (TPSA) is 76.2 Å². The summed E-state index contributed by atoms with van der Waals surface area (Å²) < 4.78 is 11.3. The average Bonchev–Trinajstić information content (AvgIpc) is 3.13. The van der Waals surface area contributed by atoms with E-state index in [9.17, 15) is 4.79 Å². The number of hydrogen-bond acceptors (Lipinski definition) is 4. The number of nitrogens with zero attached hydrogens (tertiary/aromatic N) is 1. The van der Waals surface area contributed by atoms with Crippen LogP contribution in [0.5, 0.6) is 5.75 Å². The molecule has 0 aliphatic rings. The number of alkyl carbamates (subject to hydrolysis) is 1. The number of benzene rings is 2. The Bertz CT molecular complexity index is 1040. The number of carbonyl (C=O) groups excluding carboxylic acids is 1. The van der Waals surface area contributed by atoms with Crippen LogP contribution in [-0.4, -0.2) is 28.5 Å². The highest BCUT2D eigenvalue weighted by Gasteiger charge is 2.26. The Morgan fingerprint density at radius 2 is 1.83 bits per heavy atom. The third kappa shape index (κ3) is 4.82. The van der Waals surface area contributed by atoms with Gasteiger partial charge in [-0.1, -0.05) is 36.9 Å². The summed E-state index contributed by atoms with van der Waals surface area (Å²) in [6, 6.07) is 12.1. The summed E-state index contributed by atoms with van der Waals surface area (Å²) >= 11 is 0. The molecule has 3 aromatic rings. The van der Waals surface area contributed by atoms with Crippen LogP contribution in [0.4, 0.5) is 4.79 Å². The number of rotatable bonds is 6. The smallest absolute Gasteiger partial charge is 0.408 e. The van der Waals surface area contributed by atoms with Crippen molar-refractivity contribution in [1.29, 1.82) is 0 Å². The first-order valence-electron chi connectivity index (χ1n) is 9.92. The third-order valence-electron chi connectivity index (χ3n) is 4.65. The van der Waals surface area contributed by atoms with Gasteiger partial charge < -0.3 is 14.8 Å². The predicted molar refractivity (Wildman–Crippen MR) is 120 cm³/mol. The number of H-pyrrole nitrogens is 1. The maximum absolute atomic E-state index is 12.2. The van der Waals surface area contributed by atoms with Crippen molar-refractivity contribution in [2.75, 3.05) is 6.61 Å². The first-order chi connectivity index (χ1) is 14.1. The zero-order valence-electron chi connectivity index (χ0n) is 18.2. The highest BCUT2D eigenvalue weighted by molar-refractivity contribution is 5.92. The SMILES string of the molecule is C=CCOc1c(-c2ccc(C(C)(C)NC(=O)OC(C)(C)C)cc2)ccc2[nH]ncc12. The van der Waals surface area contributed by atoms with Gasteiger partial charge in [-0.15, -0.1) is 0 Å². The molecule has 0 radical (unpaired) electrons. The summed E-state index contributed by atoms with van der Waals surface area (Å²) in [6.07, 6.45) is 3.04. The van der Waals surface area contributed by atoms with Crippen LogP contribution >= 0.6 is 0 Å². The Labute approximate surface area is 177 Å². The molecule has 0 unspecified atom stereocenters. The van der Waals surface area contributed by atoms with Crippen LogP contribution in [0.2, 0.25) is 0 Å². The number of nitrogens with one attached hydrogen (secondary N) is 2. The molecule has 0 aliphatic heterocycles. The molecule has 158 valence electrons. The van der Waals surface area contributed by atoms with Crippen molar-refractivity contribution < 1.29 is 14.3 Å². The maximum Gasteiger partial charge on any atom is 0.408 e. The van der Waals surface area contributed by atoms with Gasteiger partial charge in [-0.05, 0) is 57.9 Å². The molecule has 0 bridgehead atoms. The lowest BCUT2D eigenvalue weighted by Crippen LogP contribution is -2.43. The minimum Gasteiger partial charge on any atom is -0.488 e. The highest BCUT2D eigenvalue weighted by atomic mass is 16.6. The van der Waals surface area contributed by atoms with Crippen molar-refractivity contribution in [3.63, 3.8) is 0 Å². The van der Waals surface area contributed by atoms with Crippen LogP contribution in [0.3, 0.4) is 0 Å². The fraction of sp³-hybridized carbons (Fsp3) is 0.333. The first kappa shape index (κ1) is 21.4. The van der Waals surface area contributed by atoms with E-state index in [-0.39, 0.29) is 0 Å². The van der Waals surface area contributed by atoms with Crippen LogP contribution < -0.4 is 10.1 Å². The van der Waals surface area contributed by atoms with E-state index in [1.807, 2.05) is 71.0 Å². The van der Waals surface area contributed by atoms with Gasteiger partial charge >= 0.3 is 6.09 Å². The number of hydrogen-bond donors (Lipinski definition) is 2. The Kier molecular flexibility index (Phi) is 5.87. The van der Waals surface area contributed by atoms with E-state index in [4.69, 9.17) is 9.47 Å². The summed E-state index contributed by atoms with van der Waals surface area (Å²) in [4.78, 5) is 12.2. The standard InChI is InChI=1S/C24H29N3O3/c1-7-14-29-21-18(12-13-20-19(21)15-25-27-20)16-8-10-17(11-9-16)24(5,6)26-22(28)30-23(2,3)4/h7-13,15H,1,14H2,2-6H3,(H,25,27)(H,26,28). The molecule has 1 amide bonds. The minimum absolute atomic E-state index is 0.405. The number of aromatic amines is 1. The normalized spacial score (nSPS) is 11.9. The van der Waals surface area contributed by atoms with Gasteiger partial charge in [0.2, 0.25) is 0 Å². The highest BCUT2D eigenvalue weighted by Crippen LogP contribution is 2.37. The Morgan fingerprint density at radius 1 is 1.13 bits per heavy atom. The van der Waals surface area contributed by atoms with Gasteiger partial charge in [-0.2, -0.15) is 5.10 Å². The summed E-state index contributed by atoms with van der Waals surface area (Å²) in [5, 5.41) is 11.0. The molecule has 3 rings (SSSR count). The molecule has 0 saturated carbocycles. The number of amides is 1. The zero-order chi connectivity index (χ0) is 21.9. The summed E-state index contributed by atoms with van der Waals surface area (Å²) in [5.41, 5.74) is 2.73. The largest absolute Gasteiger partial charge is 0.488 e. The Hall–Kier alpha value is -3.28. The second-order valence-electron chi connectivity index (χ2n) is 8.70. The van der Waals surface area contributed by atoms with Gasteiger partial charge in [-0.3, -0.25) is 5.10 Å². The van der Waals surface area contributed by atoms with Gasteiger partial charge in [-0.25, -0.2) is 4.79 Å². The molecule has 6 nitrogen and oxygen atoms in total. The summed E-state index contributed by atoms with van der Waals surface area (Å²) in [6.45, 7) is 13.6. The molecular formula is C24H29N3O3. The second kappa shape index (κ2) is 8.22. The molecule has 1 heterocycles. The first-order valence-corrected chi connectivity index (χ1v) is 9.92. The van der Waals surface area contributed by atoms with Crippen LogP contribution in [0.1, 0.15) is 40.2 Å². The van der Waals surface area contributed by atoms with Gasteiger partial charge in [0.05, 0.1) is 22.6 Å². The quantitative estimate of drug-likeness (QED) is 0.525. The lowest BCUT2D eigenvalue weighted by atomic mass is 9.92. The molecule has 2 aromatic carbocycles. The number of fused-ring (bicyclic) bond motifs is 1. The molecule has 0 aliphatic carbocycles. The fourth-order valence-corrected chi connectivity index (χ4v) is 3.21. The average molecular weight is 408 g/mol. The van der Waals surface area contributed by atoms with Crippen molar-refractivity contribution in [1.82, 2.24) is 15.5 Å². The van der Waals surface area contributed by atoms with Crippen molar-refractivity contribution in [3.05, 3.63) is 60.8 Å². The predicted octanol–water partition coefficient (Wildman–Crippen LogP) is 5.55. The van der Waals surface area contributed by atoms with E-state index in [1.54, 1.807) is 12.3 Å². The van der Waals surface area contributed by atoms with Crippen LogP contribution in [-0.2, 0) is 10.3 Å². The van der Waals surface area contributed by atoms with E-state index in [0.29, 0.717) is 6.61 Å². The van der Waals surface area contributed by atoms with E-state index in [1.165, 1.54) is 0 Å². The van der Waals surface area contributed by atoms with E-state index in [0.717, 1.165) is 33.3 Å². The lowest BCUT2D eigenvalue weighted by Gasteiger charge is -2.29. The molecule has 0 saturated heterocycles. The van der Waals surface area contributed by atoms with Crippen molar-refractivity contribution in [2.24, 2.45) is 0 Å². The van der Waals surface area contributed by atoms with Crippen molar-refractivity contribution in [2.45, 2.75) is 45.8 Å². The fourth-order valence-electron chi connectivity index (χ4n) is 3.21. The molecular weight excluding hydrogens is 378 g/mol. The lowest BCUT2D eigenvalue weighted by molar-refractivity contribution is 0.0470. The monoisotopic (exact) mass is 407 g/mol. The van der Waals surface area contributed by atoms with Crippen molar-refractivity contribution in [3.8, 4) is 16.9 Å². The number of aromatic nitrogens is 2. The Morgan fingerprint density at radius 3 is 2.47 bits per heavy atom. The van der Waals surface area contributed by atoms with Crippen LogP contribution in [0, 0.1) is 0 Å². The summed E-state index contributed by atoms with van der Waals surface area (Å²) in [5.74, 6) is 0.764. The third-order valence-corrected chi connectivity index (χ3v) is 4.65. The minimum atomic E-state index is -0.586. The molecule has 6 heteroatoms. The second-order valence-corrected chi connectivity index (χ2v) is 8.70. The van der Waals surface area contributed by atoms with Crippen LogP contribution in [0.15, 0.2) is 55.3 Å². The van der Waals surface area contributed by atoms with Gasteiger partial charge in [0.25, 0.3) is 0 Å². The Balaban J connectivity index is 1.88. The molecule has 0 fully saturated rings. The van der Waals surface area contributed by atoms with E-state index in [2.05, 4.69) is 22.1 Å². The molecule has 30 heavy (non-hydrogen) atoms. The van der Waals surface area contributed by atoms with Crippen molar-refractivity contribution >= 4 is 17.0 Å². The number of ether oxygens (including phenoxy) is 2. The van der Waals surface area contributed by atoms with E-state index < -0.39 is 17.2 Å². The van der Waals surface area contributed by atoms with Gasteiger partial charge in [0, 0.05) is 5.56 Å². The molecule has 2 N–H and O–H groups in total.